The molecule has 23 heavy (non-hydrogen) atoms. The molecule has 116 valence electrons. The number of Topliss-reactive ketones (excluding diaryl/α,β-unsaturated/α-hetero) is 1. The minimum absolute atomic E-state index is 0.0240. The Morgan fingerprint density at radius 1 is 1.13 bits per heavy atom. The van der Waals surface area contributed by atoms with Crippen molar-refractivity contribution in [2.45, 2.75) is 19.9 Å². The van der Waals surface area contributed by atoms with Crippen LogP contribution in [0.4, 0.5) is 5.69 Å². The van der Waals surface area contributed by atoms with E-state index in [-0.39, 0.29) is 11.7 Å². The van der Waals surface area contributed by atoms with E-state index in [0.29, 0.717) is 24.2 Å². The summed E-state index contributed by atoms with van der Waals surface area (Å²) in [4.78, 5) is 23.5. The van der Waals surface area contributed by atoms with Gasteiger partial charge in [-0.15, -0.1) is 0 Å². The summed E-state index contributed by atoms with van der Waals surface area (Å²) in [5.41, 5.74) is 2.23. The quantitative estimate of drug-likeness (QED) is 0.736. The highest BCUT2D eigenvalue weighted by Gasteiger charge is 2.07. The molecule has 0 fully saturated rings. The summed E-state index contributed by atoms with van der Waals surface area (Å²) < 4.78 is 1.82. The predicted molar refractivity (Wildman–Crippen MR) is 89.4 cm³/mol. The van der Waals surface area contributed by atoms with Gasteiger partial charge in [0.05, 0.1) is 18.3 Å². The van der Waals surface area contributed by atoms with Crippen LogP contribution in [0.5, 0.6) is 0 Å². The topological polar surface area (TPSA) is 64.0 Å². The standard InChI is InChI=1S/C18H17N3O2/c1-13(22)14-6-4-7-16(11-14)20-18(23)9-10-21-17-8-3-2-5-15(17)12-19-21/h2-8,11-12H,9-10H2,1H3,(H,20,23). The fraction of sp³-hybridized carbons (Fsp3) is 0.167. The number of amides is 1. The number of hydrogen-bond acceptors (Lipinski definition) is 3. The molecular weight excluding hydrogens is 290 g/mol. The molecule has 2 aromatic carbocycles. The molecule has 0 radical (unpaired) electrons. The number of aromatic nitrogens is 2. The van der Waals surface area contributed by atoms with Crippen molar-refractivity contribution in [3.8, 4) is 0 Å². The van der Waals surface area contributed by atoms with Crippen molar-refractivity contribution < 1.29 is 9.59 Å². The largest absolute Gasteiger partial charge is 0.326 e. The van der Waals surface area contributed by atoms with E-state index < -0.39 is 0 Å². The Morgan fingerprint density at radius 2 is 1.96 bits per heavy atom. The van der Waals surface area contributed by atoms with Crippen molar-refractivity contribution in [1.82, 2.24) is 9.78 Å². The smallest absolute Gasteiger partial charge is 0.226 e. The first-order chi connectivity index (χ1) is 11.1. The Balaban J connectivity index is 1.64. The maximum atomic E-state index is 12.1. The average molecular weight is 307 g/mol. The van der Waals surface area contributed by atoms with E-state index in [4.69, 9.17) is 0 Å². The summed E-state index contributed by atoms with van der Waals surface area (Å²) in [6.07, 6.45) is 2.11. The summed E-state index contributed by atoms with van der Waals surface area (Å²) in [7, 11) is 0. The van der Waals surface area contributed by atoms with E-state index >= 15 is 0 Å². The molecule has 3 aromatic rings. The van der Waals surface area contributed by atoms with Crippen LogP contribution in [0.3, 0.4) is 0 Å². The molecule has 0 aliphatic carbocycles. The highest BCUT2D eigenvalue weighted by molar-refractivity contribution is 5.97. The highest BCUT2D eigenvalue weighted by atomic mass is 16.1. The lowest BCUT2D eigenvalue weighted by atomic mass is 10.1. The number of ketones is 1. The summed E-state index contributed by atoms with van der Waals surface area (Å²) >= 11 is 0. The zero-order valence-corrected chi connectivity index (χ0v) is 12.8. The lowest BCUT2D eigenvalue weighted by Crippen LogP contribution is -2.15. The van der Waals surface area contributed by atoms with E-state index in [2.05, 4.69) is 10.4 Å². The van der Waals surface area contributed by atoms with Gasteiger partial charge >= 0.3 is 0 Å². The number of benzene rings is 2. The van der Waals surface area contributed by atoms with Crippen LogP contribution in [0.15, 0.2) is 54.7 Å². The number of para-hydroxylation sites is 1. The number of carbonyl (C=O) groups is 2. The Kier molecular flexibility index (Phi) is 4.19. The maximum absolute atomic E-state index is 12.1. The first kappa shape index (κ1) is 15.0. The number of nitrogens with one attached hydrogen (secondary N) is 1. The van der Waals surface area contributed by atoms with Crippen LogP contribution in [0.25, 0.3) is 10.9 Å². The van der Waals surface area contributed by atoms with Gasteiger partial charge in [0, 0.05) is 23.1 Å². The molecule has 5 nitrogen and oxygen atoms in total. The van der Waals surface area contributed by atoms with Crippen LogP contribution >= 0.6 is 0 Å². The van der Waals surface area contributed by atoms with Crippen molar-refractivity contribution in [3.05, 3.63) is 60.3 Å². The van der Waals surface area contributed by atoms with E-state index in [1.807, 2.05) is 28.9 Å². The number of fused-ring (bicyclic) bond motifs is 1. The van der Waals surface area contributed by atoms with Crippen molar-refractivity contribution in [2.75, 3.05) is 5.32 Å². The molecule has 0 spiro atoms. The fourth-order valence-corrected chi connectivity index (χ4v) is 2.45. The second kappa shape index (κ2) is 6.44. The van der Waals surface area contributed by atoms with Crippen molar-refractivity contribution >= 4 is 28.3 Å². The summed E-state index contributed by atoms with van der Waals surface area (Å²) in [5.74, 6) is -0.130. The molecule has 1 N–H and O–H groups in total. The number of hydrogen-bond donors (Lipinski definition) is 1. The van der Waals surface area contributed by atoms with Crippen LogP contribution < -0.4 is 5.32 Å². The minimum Gasteiger partial charge on any atom is -0.326 e. The van der Waals surface area contributed by atoms with E-state index in [0.717, 1.165) is 10.9 Å². The summed E-state index contributed by atoms with van der Waals surface area (Å²) in [6, 6.07) is 14.8. The predicted octanol–water partition coefficient (Wildman–Crippen LogP) is 3.27. The van der Waals surface area contributed by atoms with Crippen LogP contribution in [-0.2, 0) is 11.3 Å². The lowest BCUT2D eigenvalue weighted by molar-refractivity contribution is -0.116. The van der Waals surface area contributed by atoms with Crippen LogP contribution in [-0.4, -0.2) is 21.5 Å². The third-order valence-electron chi connectivity index (χ3n) is 3.65. The molecule has 0 saturated heterocycles. The van der Waals surface area contributed by atoms with Crippen LogP contribution in [0.2, 0.25) is 0 Å². The number of carbonyl (C=O) groups excluding carboxylic acids is 2. The Bertz CT molecular complexity index is 867. The molecule has 0 aliphatic rings. The molecule has 0 unspecified atom stereocenters. The maximum Gasteiger partial charge on any atom is 0.226 e. The zero-order chi connectivity index (χ0) is 16.2. The number of anilines is 1. The Morgan fingerprint density at radius 3 is 2.78 bits per heavy atom. The molecule has 0 aliphatic heterocycles. The normalized spacial score (nSPS) is 10.7. The third-order valence-corrected chi connectivity index (χ3v) is 3.65. The zero-order valence-electron chi connectivity index (χ0n) is 12.8. The molecule has 1 aromatic heterocycles. The van der Waals surface area contributed by atoms with Crippen LogP contribution in [0, 0.1) is 0 Å². The SMILES string of the molecule is CC(=O)c1cccc(NC(=O)CCn2ncc3ccccc32)c1. The van der Waals surface area contributed by atoms with Gasteiger partial charge in [-0.1, -0.05) is 30.3 Å². The van der Waals surface area contributed by atoms with Gasteiger partial charge in [-0.3, -0.25) is 14.3 Å². The Hall–Kier alpha value is -2.95. The average Bonchev–Trinajstić information content (AvgIpc) is 2.96. The van der Waals surface area contributed by atoms with E-state index in [1.165, 1.54) is 6.92 Å². The van der Waals surface area contributed by atoms with Gasteiger partial charge in [0.2, 0.25) is 5.91 Å². The van der Waals surface area contributed by atoms with Crippen molar-refractivity contribution in [3.63, 3.8) is 0 Å². The van der Waals surface area contributed by atoms with E-state index in [1.54, 1.807) is 30.5 Å². The molecule has 5 heteroatoms. The third kappa shape index (κ3) is 3.45. The first-order valence-corrected chi connectivity index (χ1v) is 7.45. The molecule has 0 atom stereocenters. The molecule has 0 bridgehead atoms. The summed E-state index contributed by atoms with van der Waals surface area (Å²) in [5, 5.41) is 8.18. The number of aryl methyl sites for hydroxylation is 1. The second-order valence-corrected chi connectivity index (χ2v) is 5.36. The van der Waals surface area contributed by atoms with Gasteiger partial charge in [-0.05, 0) is 25.1 Å². The second-order valence-electron chi connectivity index (χ2n) is 5.36. The minimum atomic E-state index is -0.106. The molecule has 0 saturated carbocycles. The van der Waals surface area contributed by atoms with Gasteiger partial charge in [-0.25, -0.2) is 0 Å². The van der Waals surface area contributed by atoms with Gasteiger partial charge in [-0.2, -0.15) is 5.10 Å². The number of rotatable bonds is 5. The fourth-order valence-electron chi connectivity index (χ4n) is 2.45. The van der Waals surface area contributed by atoms with Crippen molar-refractivity contribution in [2.24, 2.45) is 0 Å². The van der Waals surface area contributed by atoms with Crippen LogP contribution in [0.1, 0.15) is 23.7 Å². The first-order valence-electron chi connectivity index (χ1n) is 7.45. The van der Waals surface area contributed by atoms with E-state index in [9.17, 15) is 9.59 Å². The molecule has 1 heterocycles. The van der Waals surface area contributed by atoms with Gasteiger partial charge in [0.25, 0.3) is 0 Å². The molecule has 3 rings (SSSR count). The highest BCUT2D eigenvalue weighted by Crippen LogP contribution is 2.14. The van der Waals surface area contributed by atoms with Gasteiger partial charge in [0.1, 0.15) is 0 Å². The molecular formula is C18H17N3O2. The van der Waals surface area contributed by atoms with Gasteiger partial charge < -0.3 is 5.32 Å². The van der Waals surface area contributed by atoms with Crippen molar-refractivity contribution in [1.29, 1.82) is 0 Å². The monoisotopic (exact) mass is 307 g/mol. The molecule has 1 amide bonds. The summed E-state index contributed by atoms with van der Waals surface area (Å²) in [6.45, 7) is 2.01. The lowest BCUT2D eigenvalue weighted by Gasteiger charge is -2.07. The van der Waals surface area contributed by atoms with Gasteiger partial charge in [0.15, 0.2) is 5.78 Å². The number of nitrogens with zero attached hydrogens (tertiary/aromatic N) is 2. The Labute approximate surface area is 133 Å².